The van der Waals surface area contributed by atoms with E-state index >= 15 is 0 Å². The maximum atomic E-state index is 5.54. The molecule has 0 atom stereocenters. The molecule has 3 saturated carbocycles. The summed E-state index contributed by atoms with van der Waals surface area (Å²) in [5.41, 5.74) is 0. The van der Waals surface area contributed by atoms with Gasteiger partial charge in [-0.25, -0.2) is 0 Å². The summed E-state index contributed by atoms with van der Waals surface area (Å²) in [6, 6.07) is 0. The predicted octanol–water partition coefficient (Wildman–Crippen LogP) is 6.21. The molecule has 0 aromatic carbocycles. The van der Waals surface area contributed by atoms with Crippen LogP contribution in [0.1, 0.15) is 90.4 Å². The van der Waals surface area contributed by atoms with Crippen molar-refractivity contribution in [1.29, 1.82) is 0 Å². The van der Waals surface area contributed by atoms with E-state index in [1.807, 2.05) is 7.11 Å². The number of ether oxygens (including phenoxy) is 1. The Morgan fingerprint density at radius 2 is 1.09 bits per heavy atom. The SMILES string of the molecule is COC1CCC(C2CCC(CC3CCC(C)CC3)CC2)CC1. The van der Waals surface area contributed by atoms with Crippen LogP contribution in [0.3, 0.4) is 0 Å². The van der Waals surface area contributed by atoms with Crippen molar-refractivity contribution in [3.8, 4) is 0 Å². The third kappa shape index (κ3) is 4.49. The largest absolute Gasteiger partial charge is 0.381 e. The number of rotatable bonds is 4. The van der Waals surface area contributed by atoms with E-state index in [-0.39, 0.29) is 0 Å². The Bertz CT molecular complexity index is 302. The molecule has 3 fully saturated rings. The lowest BCUT2D eigenvalue weighted by Gasteiger charge is -2.38. The Kier molecular flexibility index (Phi) is 6.24. The second-order valence-electron chi connectivity index (χ2n) is 8.91. The molecule has 1 heteroatoms. The average Bonchev–Trinajstić information content (AvgIpc) is 2.58. The van der Waals surface area contributed by atoms with Crippen molar-refractivity contribution in [3.63, 3.8) is 0 Å². The Balaban J connectivity index is 1.36. The van der Waals surface area contributed by atoms with Crippen molar-refractivity contribution in [3.05, 3.63) is 0 Å². The average molecular weight is 307 g/mol. The van der Waals surface area contributed by atoms with Crippen molar-refractivity contribution in [1.82, 2.24) is 0 Å². The molecule has 0 bridgehead atoms. The smallest absolute Gasteiger partial charge is 0.0571 e. The minimum atomic E-state index is 0.571. The molecular weight excluding hydrogens is 268 g/mol. The van der Waals surface area contributed by atoms with Gasteiger partial charge in [0.1, 0.15) is 0 Å². The molecule has 0 amide bonds. The van der Waals surface area contributed by atoms with Crippen LogP contribution in [0, 0.1) is 29.6 Å². The van der Waals surface area contributed by atoms with E-state index in [2.05, 4.69) is 6.92 Å². The molecule has 0 heterocycles. The Hall–Kier alpha value is -0.0400. The zero-order valence-electron chi connectivity index (χ0n) is 15.1. The molecule has 0 aromatic heterocycles. The van der Waals surface area contributed by atoms with Gasteiger partial charge in [0.25, 0.3) is 0 Å². The maximum Gasteiger partial charge on any atom is 0.0571 e. The highest BCUT2D eigenvalue weighted by Crippen LogP contribution is 2.43. The van der Waals surface area contributed by atoms with Crippen molar-refractivity contribution in [2.45, 2.75) is 96.5 Å². The van der Waals surface area contributed by atoms with Crippen LogP contribution >= 0.6 is 0 Å². The van der Waals surface area contributed by atoms with Gasteiger partial charge in [0.2, 0.25) is 0 Å². The molecule has 0 aromatic rings. The lowest BCUT2D eigenvalue weighted by Crippen LogP contribution is -2.28. The van der Waals surface area contributed by atoms with Crippen LogP contribution in [0.25, 0.3) is 0 Å². The van der Waals surface area contributed by atoms with Gasteiger partial charge in [-0.1, -0.05) is 45.4 Å². The highest BCUT2D eigenvalue weighted by Gasteiger charge is 2.31. The first-order chi connectivity index (χ1) is 10.7. The highest BCUT2D eigenvalue weighted by atomic mass is 16.5. The van der Waals surface area contributed by atoms with Crippen LogP contribution in [0.2, 0.25) is 0 Å². The molecule has 0 aliphatic heterocycles. The lowest BCUT2D eigenvalue weighted by molar-refractivity contribution is 0.0383. The number of hydrogen-bond donors (Lipinski definition) is 0. The van der Waals surface area contributed by atoms with Crippen molar-refractivity contribution >= 4 is 0 Å². The van der Waals surface area contributed by atoms with Crippen molar-refractivity contribution < 1.29 is 4.74 Å². The van der Waals surface area contributed by atoms with Gasteiger partial charge in [0.15, 0.2) is 0 Å². The van der Waals surface area contributed by atoms with E-state index in [1.165, 1.54) is 64.2 Å². The summed E-state index contributed by atoms with van der Waals surface area (Å²) in [6.45, 7) is 2.44. The van der Waals surface area contributed by atoms with Gasteiger partial charge in [-0.05, 0) is 74.5 Å². The van der Waals surface area contributed by atoms with Gasteiger partial charge in [-0.3, -0.25) is 0 Å². The van der Waals surface area contributed by atoms with E-state index in [4.69, 9.17) is 4.74 Å². The molecule has 0 unspecified atom stereocenters. The molecule has 3 aliphatic rings. The van der Waals surface area contributed by atoms with E-state index in [0.717, 1.165) is 29.6 Å². The Morgan fingerprint density at radius 3 is 1.59 bits per heavy atom. The van der Waals surface area contributed by atoms with E-state index in [1.54, 1.807) is 19.3 Å². The molecule has 0 N–H and O–H groups in total. The first-order valence-electron chi connectivity index (χ1n) is 10.3. The van der Waals surface area contributed by atoms with Crippen LogP contribution in [-0.4, -0.2) is 13.2 Å². The predicted molar refractivity (Wildman–Crippen MR) is 93.9 cm³/mol. The fraction of sp³-hybridized carbons (Fsp3) is 1.00. The zero-order chi connectivity index (χ0) is 15.4. The summed E-state index contributed by atoms with van der Waals surface area (Å²) >= 11 is 0. The monoisotopic (exact) mass is 306 g/mol. The lowest BCUT2D eigenvalue weighted by atomic mass is 9.68. The van der Waals surface area contributed by atoms with Crippen LogP contribution in [-0.2, 0) is 4.74 Å². The first kappa shape index (κ1) is 16.8. The summed E-state index contributed by atoms with van der Waals surface area (Å²) in [7, 11) is 1.89. The fourth-order valence-electron chi connectivity index (χ4n) is 5.73. The van der Waals surface area contributed by atoms with E-state index < -0.39 is 0 Å². The Labute approximate surface area is 138 Å². The van der Waals surface area contributed by atoms with Gasteiger partial charge in [-0.15, -0.1) is 0 Å². The second kappa shape index (κ2) is 8.18. The van der Waals surface area contributed by atoms with E-state index in [0.29, 0.717) is 6.10 Å². The Morgan fingerprint density at radius 1 is 0.636 bits per heavy atom. The quantitative estimate of drug-likeness (QED) is 0.599. The third-order valence-electron chi connectivity index (χ3n) is 7.41. The third-order valence-corrected chi connectivity index (χ3v) is 7.41. The molecule has 0 radical (unpaired) electrons. The molecule has 22 heavy (non-hydrogen) atoms. The molecule has 128 valence electrons. The fourth-order valence-corrected chi connectivity index (χ4v) is 5.73. The van der Waals surface area contributed by atoms with Gasteiger partial charge < -0.3 is 4.74 Å². The molecule has 3 rings (SSSR count). The minimum absolute atomic E-state index is 0.571. The molecule has 3 aliphatic carbocycles. The van der Waals surface area contributed by atoms with Gasteiger partial charge >= 0.3 is 0 Å². The zero-order valence-corrected chi connectivity index (χ0v) is 15.1. The van der Waals surface area contributed by atoms with Crippen LogP contribution in [0.5, 0.6) is 0 Å². The number of methoxy groups -OCH3 is 1. The van der Waals surface area contributed by atoms with Crippen molar-refractivity contribution in [2.75, 3.05) is 7.11 Å². The molecule has 0 saturated heterocycles. The van der Waals surface area contributed by atoms with Gasteiger partial charge in [-0.2, -0.15) is 0 Å². The van der Waals surface area contributed by atoms with Crippen LogP contribution < -0.4 is 0 Å². The van der Waals surface area contributed by atoms with Gasteiger partial charge in [0.05, 0.1) is 6.10 Å². The summed E-state index contributed by atoms with van der Waals surface area (Å²) in [4.78, 5) is 0. The highest BCUT2D eigenvalue weighted by molar-refractivity contribution is 4.83. The first-order valence-corrected chi connectivity index (χ1v) is 10.3. The summed E-state index contributed by atoms with van der Waals surface area (Å²) in [5.74, 6) is 5.25. The second-order valence-corrected chi connectivity index (χ2v) is 8.91. The summed E-state index contributed by atoms with van der Waals surface area (Å²) < 4.78 is 5.54. The van der Waals surface area contributed by atoms with Gasteiger partial charge in [0, 0.05) is 7.11 Å². The molecule has 1 nitrogen and oxygen atoms in total. The van der Waals surface area contributed by atoms with Crippen LogP contribution in [0.15, 0.2) is 0 Å². The normalized spacial score (nSPS) is 43.9. The minimum Gasteiger partial charge on any atom is -0.381 e. The molecule has 0 spiro atoms. The topological polar surface area (TPSA) is 9.23 Å². The molecular formula is C21H38O. The summed E-state index contributed by atoms with van der Waals surface area (Å²) in [5, 5.41) is 0. The van der Waals surface area contributed by atoms with Crippen LogP contribution in [0.4, 0.5) is 0 Å². The van der Waals surface area contributed by atoms with E-state index in [9.17, 15) is 0 Å². The maximum absolute atomic E-state index is 5.54. The van der Waals surface area contributed by atoms with Crippen molar-refractivity contribution in [2.24, 2.45) is 29.6 Å². The standard InChI is InChI=1S/C21H38O/c1-16-3-5-17(6-4-16)15-18-7-9-19(10-8-18)20-11-13-21(22-2)14-12-20/h16-21H,3-15H2,1-2H3. The summed E-state index contributed by atoms with van der Waals surface area (Å²) in [6.07, 6.45) is 19.9. The number of hydrogen-bond acceptors (Lipinski definition) is 1.